The van der Waals surface area contributed by atoms with Gasteiger partial charge in [-0.2, -0.15) is 0 Å². The topological polar surface area (TPSA) is 41.6 Å². The number of rotatable bonds is 6. The zero-order valence-electron chi connectivity index (χ0n) is 16.8. The van der Waals surface area contributed by atoms with Gasteiger partial charge >= 0.3 is 0 Å². The number of hydrogen-bond donors (Lipinski definition) is 1. The Kier molecular flexibility index (Phi) is 6.81. The molecule has 0 saturated carbocycles. The maximum absolute atomic E-state index is 13.2. The molecule has 3 atom stereocenters. The van der Waals surface area contributed by atoms with Gasteiger partial charge in [-0.05, 0) is 36.1 Å². The van der Waals surface area contributed by atoms with Gasteiger partial charge in [0.15, 0.2) is 0 Å². The number of carbonyl (C=O) groups is 1. The van der Waals surface area contributed by atoms with Crippen LogP contribution in [-0.4, -0.2) is 36.5 Å². The van der Waals surface area contributed by atoms with Crippen LogP contribution in [0.3, 0.4) is 0 Å². The molecular formula is C23H29FN2O2. The molecule has 1 fully saturated rings. The van der Waals surface area contributed by atoms with Crippen LogP contribution in [0, 0.1) is 11.7 Å². The van der Waals surface area contributed by atoms with Crippen molar-refractivity contribution in [1.29, 1.82) is 0 Å². The fourth-order valence-electron chi connectivity index (χ4n) is 3.75. The molecule has 1 heterocycles. The van der Waals surface area contributed by atoms with Crippen molar-refractivity contribution in [3.05, 3.63) is 71.5 Å². The molecule has 0 aliphatic carbocycles. The average Bonchev–Trinajstić information content (AvgIpc) is 2.67. The van der Waals surface area contributed by atoms with Crippen molar-refractivity contribution in [3.63, 3.8) is 0 Å². The fourth-order valence-corrected chi connectivity index (χ4v) is 3.75. The van der Waals surface area contributed by atoms with Gasteiger partial charge in [-0.25, -0.2) is 4.39 Å². The summed E-state index contributed by atoms with van der Waals surface area (Å²) >= 11 is 0. The summed E-state index contributed by atoms with van der Waals surface area (Å²) in [4.78, 5) is 14.9. The first-order valence-electron chi connectivity index (χ1n) is 9.90. The van der Waals surface area contributed by atoms with E-state index < -0.39 is 0 Å². The van der Waals surface area contributed by atoms with Crippen molar-refractivity contribution in [2.24, 2.45) is 5.92 Å². The van der Waals surface area contributed by atoms with E-state index in [1.165, 1.54) is 12.1 Å². The maximum atomic E-state index is 13.2. The molecule has 2 aromatic carbocycles. The summed E-state index contributed by atoms with van der Waals surface area (Å²) in [7, 11) is 0. The van der Waals surface area contributed by atoms with E-state index in [-0.39, 0.29) is 35.9 Å². The van der Waals surface area contributed by atoms with E-state index in [9.17, 15) is 9.18 Å². The van der Waals surface area contributed by atoms with Gasteiger partial charge in [0.1, 0.15) is 5.82 Å². The molecule has 1 amide bonds. The quantitative estimate of drug-likeness (QED) is 0.815. The number of halogens is 1. The lowest BCUT2D eigenvalue weighted by Gasteiger charge is -2.37. The zero-order chi connectivity index (χ0) is 20.1. The third kappa shape index (κ3) is 5.40. The predicted molar refractivity (Wildman–Crippen MR) is 108 cm³/mol. The molecule has 4 nitrogen and oxygen atoms in total. The minimum atomic E-state index is -0.271. The lowest BCUT2D eigenvalue weighted by Crippen LogP contribution is -2.48. The lowest BCUT2D eigenvalue weighted by atomic mass is 9.96. The summed E-state index contributed by atoms with van der Waals surface area (Å²) in [6.45, 7) is 7.87. The Morgan fingerprint density at radius 1 is 1.14 bits per heavy atom. The molecule has 28 heavy (non-hydrogen) atoms. The van der Waals surface area contributed by atoms with Gasteiger partial charge in [0, 0.05) is 13.1 Å². The molecule has 3 unspecified atom stereocenters. The van der Waals surface area contributed by atoms with Crippen LogP contribution in [0.2, 0.25) is 0 Å². The first-order valence-corrected chi connectivity index (χ1v) is 9.90. The minimum absolute atomic E-state index is 0.0241. The molecule has 5 heteroatoms. The molecule has 0 spiro atoms. The van der Waals surface area contributed by atoms with Gasteiger partial charge in [0.05, 0.1) is 24.8 Å². The summed E-state index contributed by atoms with van der Waals surface area (Å²) in [5, 5.41) is 3.13. The third-order valence-corrected chi connectivity index (χ3v) is 5.09. The van der Waals surface area contributed by atoms with Crippen molar-refractivity contribution in [1.82, 2.24) is 10.2 Å². The molecule has 1 aliphatic heterocycles. The van der Waals surface area contributed by atoms with E-state index in [2.05, 4.69) is 36.2 Å². The monoisotopic (exact) mass is 384 g/mol. The predicted octanol–water partition coefficient (Wildman–Crippen LogP) is 4.10. The number of hydrogen-bond acceptors (Lipinski definition) is 3. The van der Waals surface area contributed by atoms with Crippen molar-refractivity contribution in [2.45, 2.75) is 39.0 Å². The number of benzene rings is 2. The van der Waals surface area contributed by atoms with Crippen molar-refractivity contribution in [3.8, 4) is 0 Å². The maximum Gasteiger partial charge on any atom is 0.234 e. The van der Waals surface area contributed by atoms with Crippen LogP contribution >= 0.6 is 0 Å². The first-order chi connectivity index (χ1) is 13.4. The summed E-state index contributed by atoms with van der Waals surface area (Å²) in [5.74, 6) is -0.0918. The largest absolute Gasteiger partial charge is 0.368 e. The van der Waals surface area contributed by atoms with E-state index in [0.717, 1.165) is 17.7 Å². The molecule has 1 N–H and O–H groups in total. The zero-order valence-corrected chi connectivity index (χ0v) is 16.8. The van der Waals surface area contributed by atoms with E-state index in [0.29, 0.717) is 13.1 Å². The number of carbonyl (C=O) groups excluding carboxylic acids is 1. The molecule has 0 radical (unpaired) electrons. The summed E-state index contributed by atoms with van der Waals surface area (Å²) in [6.07, 6.45) is 0.0282. The Labute approximate surface area is 166 Å². The third-order valence-electron chi connectivity index (χ3n) is 5.09. The van der Waals surface area contributed by atoms with E-state index in [1.54, 1.807) is 12.1 Å². The van der Waals surface area contributed by atoms with Crippen molar-refractivity contribution < 1.29 is 13.9 Å². The molecule has 0 aromatic heterocycles. The van der Waals surface area contributed by atoms with Gasteiger partial charge in [0.2, 0.25) is 5.91 Å². The lowest BCUT2D eigenvalue weighted by molar-refractivity contribution is -0.127. The first kappa shape index (κ1) is 20.5. The molecule has 0 bridgehead atoms. The second kappa shape index (κ2) is 9.30. The summed E-state index contributed by atoms with van der Waals surface area (Å²) in [5.41, 5.74) is 2.05. The van der Waals surface area contributed by atoms with Crippen LogP contribution in [0.4, 0.5) is 4.39 Å². The van der Waals surface area contributed by atoms with E-state index >= 15 is 0 Å². The van der Waals surface area contributed by atoms with Gasteiger partial charge in [0.25, 0.3) is 0 Å². The molecule has 3 rings (SSSR count). The van der Waals surface area contributed by atoms with Gasteiger partial charge < -0.3 is 10.1 Å². The summed E-state index contributed by atoms with van der Waals surface area (Å²) in [6, 6.07) is 16.3. The molecular weight excluding hydrogens is 355 g/mol. The Morgan fingerprint density at radius 3 is 2.46 bits per heavy atom. The normalized spacial score (nSPS) is 21.5. The van der Waals surface area contributed by atoms with Crippen LogP contribution in [0.25, 0.3) is 0 Å². The van der Waals surface area contributed by atoms with Gasteiger partial charge in [-0.3, -0.25) is 9.69 Å². The minimum Gasteiger partial charge on any atom is -0.368 e. The standard InChI is InChI=1S/C23H29FN2O2/c1-16(2)23(19-9-11-20(24)12-10-19)25-22(27)15-26-13-17(3)28-21(14-26)18-7-5-4-6-8-18/h4-12,16-17,21,23H,13-15H2,1-3H3,(H,25,27). The molecule has 150 valence electrons. The average molecular weight is 384 g/mol. The number of ether oxygens (including phenoxy) is 1. The fraction of sp³-hybridized carbons (Fsp3) is 0.435. The van der Waals surface area contributed by atoms with Crippen molar-refractivity contribution >= 4 is 5.91 Å². The van der Waals surface area contributed by atoms with Crippen molar-refractivity contribution in [2.75, 3.05) is 19.6 Å². The number of nitrogens with one attached hydrogen (secondary N) is 1. The SMILES string of the molecule is CC1CN(CC(=O)NC(c2ccc(F)cc2)C(C)C)CC(c2ccccc2)O1. The molecule has 2 aromatic rings. The van der Waals surface area contributed by atoms with Crippen LogP contribution in [0.15, 0.2) is 54.6 Å². The molecule has 1 saturated heterocycles. The summed E-state index contributed by atoms with van der Waals surface area (Å²) < 4.78 is 19.3. The van der Waals surface area contributed by atoms with E-state index in [4.69, 9.17) is 4.74 Å². The Balaban J connectivity index is 1.63. The van der Waals surface area contributed by atoms with E-state index in [1.807, 2.05) is 25.1 Å². The van der Waals surface area contributed by atoms with Crippen LogP contribution in [0.5, 0.6) is 0 Å². The number of morpholine rings is 1. The highest BCUT2D eigenvalue weighted by Crippen LogP contribution is 2.25. The Morgan fingerprint density at radius 2 is 1.82 bits per heavy atom. The Hall–Kier alpha value is -2.24. The number of amides is 1. The smallest absolute Gasteiger partial charge is 0.234 e. The van der Waals surface area contributed by atoms with Crippen LogP contribution in [-0.2, 0) is 9.53 Å². The van der Waals surface area contributed by atoms with Crippen LogP contribution < -0.4 is 5.32 Å². The second-order valence-corrected chi connectivity index (χ2v) is 7.88. The van der Waals surface area contributed by atoms with Crippen LogP contribution in [0.1, 0.15) is 44.0 Å². The van der Waals surface area contributed by atoms with Gasteiger partial charge in [-0.15, -0.1) is 0 Å². The highest BCUT2D eigenvalue weighted by atomic mass is 19.1. The number of nitrogens with zero attached hydrogens (tertiary/aromatic N) is 1. The molecule has 1 aliphatic rings. The van der Waals surface area contributed by atoms with Gasteiger partial charge in [-0.1, -0.05) is 56.3 Å². The Bertz CT molecular complexity index is 764. The highest BCUT2D eigenvalue weighted by molar-refractivity contribution is 5.78. The highest BCUT2D eigenvalue weighted by Gasteiger charge is 2.28. The second-order valence-electron chi connectivity index (χ2n) is 7.88.